The van der Waals surface area contributed by atoms with Gasteiger partial charge in [-0.25, -0.2) is 0 Å². The van der Waals surface area contributed by atoms with E-state index >= 15 is 0 Å². The third-order valence-corrected chi connectivity index (χ3v) is 4.78. The van der Waals surface area contributed by atoms with Crippen LogP contribution in [0.2, 0.25) is 0 Å². The Morgan fingerprint density at radius 2 is 1.05 bits per heavy atom. The number of aliphatic imine (C=N–C) groups is 1. The van der Waals surface area contributed by atoms with E-state index in [0.29, 0.717) is 18.8 Å². The molecule has 42 heavy (non-hydrogen) atoms. The van der Waals surface area contributed by atoms with Gasteiger partial charge in [0.25, 0.3) is 0 Å². The number of ketones is 2. The Morgan fingerprint density at radius 1 is 0.667 bits per heavy atom. The molecule has 0 spiro atoms. The summed E-state index contributed by atoms with van der Waals surface area (Å²) in [7, 11) is 0. The van der Waals surface area contributed by atoms with Gasteiger partial charge < -0.3 is 10.1 Å². The molecule has 1 amide bonds. The zero-order valence-electron chi connectivity index (χ0n) is 30.9. The quantitative estimate of drug-likeness (QED) is 0.255. The molecular weight excluding hydrogens is 528 g/mol. The second kappa shape index (κ2) is 24.4. The maximum absolute atomic E-state index is 11.0. The van der Waals surface area contributed by atoms with Crippen LogP contribution in [0.1, 0.15) is 152 Å². The summed E-state index contributed by atoms with van der Waals surface area (Å²) in [5.74, 6) is 0.556. The van der Waals surface area contributed by atoms with Crippen LogP contribution >= 0.6 is 0 Å². The molecule has 0 bridgehead atoms. The normalized spacial score (nSPS) is 11.3. The number of carbonyl (C=O) groups excluding carboxylic acids is 4. The molecule has 0 heterocycles. The number of carbonyl (C=O) groups is 4. The zero-order valence-corrected chi connectivity index (χ0v) is 30.9. The molecule has 0 aliphatic rings. The highest BCUT2D eigenvalue weighted by atomic mass is 16.5. The number of ether oxygens (including phenoxy) is 1. The van der Waals surface area contributed by atoms with Crippen LogP contribution in [0.25, 0.3) is 0 Å². The minimum atomic E-state index is -0.351. The number of nitrogens with zero attached hydrogens (tertiary/aromatic N) is 1. The van der Waals surface area contributed by atoms with Gasteiger partial charge >= 0.3 is 5.97 Å². The molecule has 0 radical (unpaired) electrons. The standard InChI is InChI=1S/C7H15NO.C7H15N.C7H14O2.C7H14O.C6H12O.CH4/c1-5-8-6(9)7(2,3)4;1-5-8-6-7(2,3)4;1-5-9-6(8)7(2,3)4;1-5-6(8)7(2,3)4;1-5(7)6(2,3)4;/h5H2,1-4H3,(H,8,9);6H,5H2,1-4H3;5H2,1-4H3;5H2,1-4H3;1-4H3;1H4. The van der Waals surface area contributed by atoms with Gasteiger partial charge in [-0.1, -0.05) is 97.4 Å². The molecule has 0 aromatic heterocycles. The summed E-state index contributed by atoms with van der Waals surface area (Å²) in [5.41, 5.74) is -0.600. The molecule has 1 N–H and O–H groups in total. The summed E-state index contributed by atoms with van der Waals surface area (Å²) in [6.45, 7) is 40.6. The van der Waals surface area contributed by atoms with Gasteiger partial charge in [0, 0.05) is 42.0 Å². The van der Waals surface area contributed by atoms with E-state index in [-0.39, 0.29) is 52.2 Å². The molecule has 0 saturated carbocycles. The fourth-order valence-corrected chi connectivity index (χ4v) is 1.67. The fourth-order valence-electron chi connectivity index (χ4n) is 1.67. The average Bonchev–Trinajstić information content (AvgIpc) is 2.76. The second-order valence-corrected chi connectivity index (χ2v) is 14.9. The minimum absolute atomic E-state index is 0. The van der Waals surface area contributed by atoms with Crippen LogP contribution < -0.4 is 5.32 Å². The highest BCUT2D eigenvalue weighted by molar-refractivity contribution is 5.83. The molecule has 254 valence electrons. The Balaban J connectivity index is -0.0000000961. The predicted molar refractivity (Wildman–Crippen MR) is 184 cm³/mol. The van der Waals surface area contributed by atoms with Crippen molar-refractivity contribution in [2.24, 2.45) is 32.1 Å². The first-order valence-electron chi connectivity index (χ1n) is 15.0. The molecule has 0 rings (SSSR count). The van der Waals surface area contributed by atoms with E-state index in [1.165, 1.54) is 0 Å². The van der Waals surface area contributed by atoms with Crippen molar-refractivity contribution in [2.45, 2.75) is 152 Å². The van der Waals surface area contributed by atoms with Gasteiger partial charge in [0.15, 0.2) is 0 Å². The van der Waals surface area contributed by atoms with Gasteiger partial charge in [-0.05, 0) is 53.9 Å². The summed E-state index contributed by atoms with van der Waals surface area (Å²) in [5, 5.41) is 2.75. The van der Waals surface area contributed by atoms with Crippen molar-refractivity contribution in [1.29, 1.82) is 0 Å². The topological polar surface area (TPSA) is 102 Å². The van der Waals surface area contributed by atoms with Gasteiger partial charge in [-0.2, -0.15) is 0 Å². The van der Waals surface area contributed by atoms with Crippen LogP contribution in [0.3, 0.4) is 0 Å². The Kier molecular flexibility index (Phi) is 30.5. The number of amides is 1. The fraction of sp³-hybridized carbons (Fsp3) is 0.857. The van der Waals surface area contributed by atoms with Gasteiger partial charge in [-0.3, -0.25) is 24.2 Å². The number of hydrogen-bond acceptors (Lipinski definition) is 6. The third kappa shape index (κ3) is 42.4. The van der Waals surface area contributed by atoms with Crippen LogP contribution in [0.15, 0.2) is 4.99 Å². The molecule has 0 aromatic rings. The highest BCUT2D eigenvalue weighted by Crippen LogP contribution is 2.16. The van der Waals surface area contributed by atoms with Crippen LogP contribution in [0.4, 0.5) is 0 Å². The summed E-state index contributed by atoms with van der Waals surface area (Å²) in [6.07, 6.45) is 2.65. The van der Waals surface area contributed by atoms with Gasteiger partial charge in [0.1, 0.15) is 11.6 Å². The molecule has 7 nitrogen and oxygen atoms in total. The predicted octanol–water partition coefficient (Wildman–Crippen LogP) is 9.16. The smallest absolute Gasteiger partial charge is 0.311 e. The van der Waals surface area contributed by atoms with Crippen LogP contribution in [0, 0.1) is 27.1 Å². The zero-order chi connectivity index (χ0) is 34.5. The van der Waals surface area contributed by atoms with Crippen molar-refractivity contribution in [3.05, 3.63) is 0 Å². The Bertz CT molecular complexity index is 721. The number of rotatable bonds is 4. The lowest BCUT2D eigenvalue weighted by atomic mass is 9.90. The van der Waals surface area contributed by atoms with Crippen molar-refractivity contribution in [2.75, 3.05) is 19.7 Å². The van der Waals surface area contributed by atoms with Gasteiger partial charge in [-0.15, -0.1) is 0 Å². The van der Waals surface area contributed by atoms with Crippen LogP contribution in [-0.4, -0.2) is 49.4 Å². The van der Waals surface area contributed by atoms with E-state index in [0.717, 1.165) is 13.1 Å². The Morgan fingerprint density at radius 3 is 1.12 bits per heavy atom. The maximum atomic E-state index is 11.0. The van der Waals surface area contributed by atoms with E-state index in [2.05, 4.69) is 31.1 Å². The minimum Gasteiger partial charge on any atom is -0.466 e. The lowest BCUT2D eigenvalue weighted by Crippen LogP contribution is -2.34. The number of nitrogens with one attached hydrogen (secondary N) is 1. The first-order valence-corrected chi connectivity index (χ1v) is 15.0. The maximum Gasteiger partial charge on any atom is 0.311 e. The first kappa shape index (κ1) is 52.6. The molecular formula is C35H74N2O5. The average molecular weight is 603 g/mol. The molecule has 0 saturated heterocycles. The van der Waals surface area contributed by atoms with Crippen molar-refractivity contribution in [3.63, 3.8) is 0 Å². The van der Waals surface area contributed by atoms with E-state index in [1.807, 2.05) is 117 Å². The van der Waals surface area contributed by atoms with Crippen molar-refractivity contribution < 1.29 is 23.9 Å². The monoisotopic (exact) mass is 603 g/mol. The number of esters is 1. The molecule has 0 atom stereocenters. The Hall–Kier alpha value is -2.05. The van der Waals surface area contributed by atoms with Crippen LogP contribution in [-0.2, 0) is 23.9 Å². The summed E-state index contributed by atoms with van der Waals surface area (Å²) < 4.78 is 4.77. The van der Waals surface area contributed by atoms with E-state index < -0.39 is 0 Å². The molecule has 0 fully saturated rings. The summed E-state index contributed by atoms with van der Waals surface area (Å²) >= 11 is 0. The van der Waals surface area contributed by atoms with Crippen molar-refractivity contribution in [3.8, 4) is 0 Å². The van der Waals surface area contributed by atoms with Crippen LogP contribution in [0.5, 0.6) is 0 Å². The summed E-state index contributed by atoms with van der Waals surface area (Å²) in [6, 6.07) is 0. The second-order valence-electron chi connectivity index (χ2n) is 14.9. The van der Waals surface area contributed by atoms with E-state index in [9.17, 15) is 19.2 Å². The highest BCUT2D eigenvalue weighted by Gasteiger charge is 2.22. The lowest BCUT2D eigenvalue weighted by Gasteiger charge is -2.16. The molecule has 0 aromatic carbocycles. The molecule has 0 aliphatic heterocycles. The number of Topliss-reactive ketones (excluding diaryl/α,β-unsaturated/α-hetero) is 2. The van der Waals surface area contributed by atoms with Gasteiger partial charge in [0.2, 0.25) is 5.91 Å². The number of hydrogen-bond donors (Lipinski definition) is 1. The van der Waals surface area contributed by atoms with Crippen molar-refractivity contribution in [1.82, 2.24) is 5.32 Å². The lowest BCUT2D eigenvalue weighted by molar-refractivity contribution is -0.152. The Labute approximate surface area is 262 Å². The van der Waals surface area contributed by atoms with Crippen molar-refractivity contribution >= 4 is 29.7 Å². The molecule has 0 unspecified atom stereocenters. The largest absolute Gasteiger partial charge is 0.466 e. The molecule has 7 heteroatoms. The van der Waals surface area contributed by atoms with E-state index in [4.69, 9.17) is 4.74 Å². The van der Waals surface area contributed by atoms with E-state index in [1.54, 1.807) is 6.92 Å². The summed E-state index contributed by atoms with van der Waals surface area (Å²) in [4.78, 5) is 47.2. The first-order chi connectivity index (χ1) is 17.9. The third-order valence-electron chi connectivity index (χ3n) is 4.78. The van der Waals surface area contributed by atoms with Gasteiger partial charge in [0.05, 0.1) is 12.0 Å². The SMILES string of the molecule is C.CC(=O)C(C)(C)C.CCC(=O)C(C)(C)C.CCN=CC(C)(C)C.CCNC(=O)C(C)(C)C.CCOC(=O)C(C)(C)C. The molecule has 0 aliphatic carbocycles.